The van der Waals surface area contributed by atoms with Crippen LogP contribution in [0.2, 0.25) is 0 Å². The van der Waals surface area contributed by atoms with E-state index < -0.39 is 27.6 Å². The molecule has 6 nitrogen and oxygen atoms in total. The molecular weight excluding hydrogens is 313 g/mol. The van der Waals surface area contributed by atoms with E-state index >= 15 is 0 Å². The third-order valence-corrected chi connectivity index (χ3v) is 4.30. The van der Waals surface area contributed by atoms with Gasteiger partial charge in [0.05, 0.1) is 10.6 Å². The van der Waals surface area contributed by atoms with E-state index in [2.05, 4.69) is 4.72 Å². The van der Waals surface area contributed by atoms with Crippen molar-refractivity contribution in [2.24, 2.45) is 0 Å². The van der Waals surface area contributed by atoms with E-state index in [-0.39, 0.29) is 21.7 Å². The number of aryl methyl sites for hydroxylation is 1. The minimum atomic E-state index is -3.98. The average Bonchev–Trinajstić information content (AvgIpc) is 2.40. The van der Waals surface area contributed by atoms with Gasteiger partial charge in [0.1, 0.15) is 17.1 Å². The predicted molar refractivity (Wildman–Crippen MR) is 77.0 cm³/mol. The van der Waals surface area contributed by atoms with Crippen LogP contribution in [0, 0.1) is 12.7 Å². The van der Waals surface area contributed by atoms with Crippen LogP contribution in [0.25, 0.3) is 0 Å². The maximum Gasteiger partial charge on any atom is 0.339 e. The maximum absolute atomic E-state index is 13.2. The Morgan fingerprint density at radius 3 is 2.41 bits per heavy atom. The average molecular weight is 325 g/mol. The lowest BCUT2D eigenvalue weighted by molar-refractivity contribution is 0.0694. The molecule has 8 heteroatoms. The SMILES string of the molecule is Cc1cc(S(=O)(=O)Nc2ccc(C(=O)O)c(O)c2)ccc1F. The minimum Gasteiger partial charge on any atom is -0.507 e. The summed E-state index contributed by atoms with van der Waals surface area (Å²) in [6, 6.07) is 6.58. The van der Waals surface area contributed by atoms with E-state index in [9.17, 15) is 22.7 Å². The molecule has 0 aromatic heterocycles. The summed E-state index contributed by atoms with van der Waals surface area (Å²) in [5.74, 6) is -2.42. The highest BCUT2D eigenvalue weighted by atomic mass is 32.2. The van der Waals surface area contributed by atoms with Crippen LogP contribution in [0.1, 0.15) is 15.9 Å². The van der Waals surface area contributed by atoms with E-state index in [1.807, 2.05) is 0 Å². The Morgan fingerprint density at radius 2 is 1.86 bits per heavy atom. The molecule has 0 bridgehead atoms. The molecule has 0 atom stereocenters. The van der Waals surface area contributed by atoms with Crippen LogP contribution in [0.4, 0.5) is 10.1 Å². The van der Waals surface area contributed by atoms with Gasteiger partial charge in [-0.2, -0.15) is 0 Å². The van der Waals surface area contributed by atoms with Crippen molar-refractivity contribution in [3.63, 3.8) is 0 Å². The topological polar surface area (TPSA) is 104 Å². The van der Waals surface area contributed by atoms with Gasteiger partial charge in [0.25, 0.3) is 10.0 Å². The monoisotopic (exact) mass is 325 g/mol. The number of rotatable bonds is 4. The number of benzene rings is 2. The molecule has 2 aromatic carbocycles. The standard InChI is InChI=1S/C14H12FNO5S/c1-8-6-10(3-5-12(8)15)22(20,21)16-9-2-4-11(14(18)19)13(17)7-9/h2-7,16-17H,1H3,(H,18,19). The van der Waals surface area contributed by atoms with Crippen LogP contribution >= 0.6 is 0 Å². The first-order chi connectivity index (χ1) is 10.2. The van der Waals surface area contributed by atoms with Gasteiger partial charge in [-0.25, -0.2) is 17.6 Å². The summed E-state index contributed by atoms with van der Waals surface area (Å²) in [5, 5.41) is 18.3. The first-order valence-corrected chi connectivity index (χ1v) is 7.54. The van der Waals surface area contributed by atoms with Crippen LogP contribution in [0.15, 0.2) is 41.3 Å². The first kappa shape index (κ1) is 15.8. The molecule has 0 unspecified atom stereocenters. The van der Waals surface area contributed by atoms with Crippen LogP contribution in [-0.2, 0) is 10.0 Å². The highest BCUT2D eigenvalue weighted by molar-refractivity contribution is 7.92. The summed E-state index contributed by atoms with van der Waals surface area (Å²) in [7, 11) is -3.98. The molecule has 0 saturated carbocycles. The van der Waals surface area contributed by atoms with Crippen molar-refractivity contribution in [3.05, 3.63) is 53.3 Å². The Morgan fingerprint density at radius 1 is 1.18 bits per heavy atom. The molecule has 2 rings (SSSR count). The van der Waals surface area contributed by atoms with Gasteiger partial charge in [0.15, 0.2) is 0 Å². The molecule has 0 heterocycles. The van der Waals surface area contributed by atoms with Crippen LogP contribution in [0.3, 0.4) is 0 Å². The van der Waals surface area contributed by atoms with Gasteiger partial charge in [0.2, 0.25) is 0 Å². The predicted octanol–water partition coefficient (Wildman–Crippen LogP) is 2.34. The number of aromatic hydroxyl groups is 1. The molecule has 2 aromatic rings. The normalized spacial score (nSPS) is 11.2. The van der Waals surface area contributed by atoms with Gasteiger partial charge in [-0.3, -0.25) is 4.72 Å². The molecule has 0 radical (unpaired) electrons. The number of hydrogen-bond acceptors (Lipinski definition) is 4. The summed E-state index contributed by atoms with van der Waals surface area (Å²) < 4.78 is 39.7. The molecule has 3 N–H and O–H groups in total. The summed E-state index contributed by atoms with van der Waals surface area (Å²) in [6.45, 7) is 1.43. The van der Waals surface area contributed by atoms with Crippen molar-refractivity contribution in [1.82, 2.24) is 0 Å². The fraction of sp³-hybridized carbons (Fsp3) is 0.0714. The third kappa shape index (κ3) is 3.17. The smallest absolute Gasteiger partial charge is 0.339 e. The Kier molecular flexibility index (Phi) is 4.05. The number of carbonyl (C=O) groups is 1. The lowest BCUT2D eigenvalue weighted by atomic mass is 10.2. The molecule has 22 heavy (non-hydrogen) atoms. The number of nitrogens with one attached hydrogen (secondary N) is 1. The fourth-order valence-electron chi connectivity index (χ4n) is 1.77. The van der Waals surface area contributed by atoms with E-state index in [1.54, 1.807) is 0 Å². The highest BCUT2D eigenvalue weighted by Gasteiger charge is 2.17. The number of carboxylic acid groups (broad SMARTS) is 1. The molecule has 116 valence electrons. The zero-order valence-corrected chi connectivity index (χ0v) is 12.2. The van der Waals surface area contributed by atoms with E-state index in [0.717, 1.165) is 24.3 Å². The molecule has 0 spiro atoms. The molecule has 0 saturated heterocycles. The largest absolute Gasteiger partial charge is 0.507 e. The van der Waals surface area contributed by atoms with Gasteiger partial charge in [-0.15, -0.1) is 0 Å². The second-order valence-electron chi connectivity index (χ2n) is 4.55. The first-order valence-electron chi connectivity index (χ1n) is 6.06. The Balaban J connectivity index is 2.34. The summed E-state index contributed by atoms with van der Waals surface area (Å²) in [6.07, 6.45) is 0. The summed E-state index contributed by atoms with van der Waals surface area (Å²) in [4.78, 5) is 10.6. The van der Waals surface area contributed by atoms with Crippen molar-refractivity contribution >= 4 is 21.7 Å². The zero-order chi connectivity index (χ0) is 16.5. The Hall–Kier alpha value is -2.61. The lowest BCUT2D eigenvalue weighted by Crippen LogP contribution is -2.13. The zero-order valence-electron chi connectivity index (χ0n) is 11.4. The highest BCUT2D eigenvalue weighted by Crippen LogP contribution is 2.24. The van der Waals surface area contributed by atoms with Crippen molar-refractivity contribution < 1.29 is 27.8 Å². The fourth-order valence-corrected chi connectivity index (χ4v) is 2.91. The molecule has 0 aliphatic heterocycles. The number of hydrogen-bond donors (Lipinski definition) is 3. The van der Waals surface area contributed by atoms with E-state index in [0.29, 0.717) is 0 Å². The molecule has 0 aliphatic carbocycles. The second-order valence-corrected chi connectivity index (χ2v) is 6.24. The number of sulfonamides is 1. The number of aromatic carboxylic acids is 1. The summed E-state index contributed by atoms with van der Waals surface area (Å²) in [5.41, 5.74) is -0.183. The van der Waals surface area contributed by atoms with Crippen LogP contribution < -0.4 is 4.72 Å². The van der Waals surface area contributed by atoms with Gasteiger partial charge in [-0.1, -0.05) is 0 Å². The molecule has 0 aliphatic rings. The van der Waals surface area contributed by atoms with E-state index in [4.69, 9.17) is 5.11 Å². The number of anilines is 1. The maximum atomic E-state index is 13.2. The number of phenols is 1. The lowest BCUT2D eigenvalue weighted by Gasteiger charge is -2.10. The molecule has 0 fully saturated rings. The second kappa shape index (κ2) is 5.64. The van der Waals surface area contributed by atoms with E-state index in [1.165, 1.54) is 19.1 Å². The van der Waals surface area contributed by atoms with Gasteiger partial charge >= 0.3 is 5.97 Å². The number of carboxylic acids is 1. The van der Waals surface area contributed by atoms with Gasteiger partial charge < -0.3 is 10.2 Å². The van der Waals surface area contributed by atoms with Crippen molar-refractivity contribution in [2.45, 2.75) is 11.8 Å². The van der Waals surface area contributed by atoms with Crippen LogP contribution in [0.5, 0.6) is 5.75 Å². The number of halogens is 1. The third-order valence-electron chi connectivity index (χ3n) is 2.92. The minimum absolute atomic E-state index is 0.00974. The molecule has 0 amide bonds. The van der Waals surface area contributed by atoms with Gasteiger partial charge in [0, 0.05) is 6.07 Å². The Bertz CT molecular complexity index is 848. The van der Waals surface area contributed by atoms with Crippen molar-refractivity contribution in [1.29, 1.82) is 0 Å². The quantitative estimate of drug-likeness (QED) is 0.800. The van der Waals surface area contributed by atoms with Crippen molar-refractivity contribution in [3.8, 4) is 5.75 Å². The summed E-state index contributed by atoms with van der Waals surface area (Å²) >= 11 is 0. The van der Waals surface area contributed by atoms with Crippen LogP contribution in [-0.4, -0.2) is 24.6 Å². The molecular formula is C14H12FNO5S. The van der Waals surface area contributed by atoms with Gasteiger partial charge in [-0.05, 0) is 42.8 Å². The van der Waals surface area contributed by atoms with Crippen molar-refractivity contribution in [2.75, 3.05) is 4.72 Å². The Labute approximate surface area is 125 Å².